The van der Waals surface area contributed by atoms with Gasteiger partial charge >= 0.3 is 0 Å². The SMILES string of the molecule is CNc1nc(C(C)C)nc(Oc2ccc(Br)c(F)c2)c1C. The first kappa shape index (κ1) is 15.7. The number of rotatable bonds is 4. The summed E-state index contributed by atoms with van der Waals surface area (Å²) in [5, 5.41) is 3.02. The fourth-order valence-corrected chi connectivity index (χ4v) is 2.01. The van der Waals surface area contributed by atoms with Crippen molar-refractivity contribution < 1.29 is 9.13 Å². The van der Waals surface area contributed by atoms with Gasteiger partial charge in [-0.15, -0.1) is 0 Å². The second-order valence-corrected chi connectivity index (χ2v) is 5.80. The third-order valence-corrected chi connectivity index (χ3v) is 3.62. The first-order valence-corrected chi connectivity index (χ1v) is 7.41. The quantitative estimate of drug-likeness (QED) is 0.869. The Balaban J connectivity index is 2.42. The number of nitrogens with one attached hydrogen (secondary N) is 1. The monoisotopic (exact) mass is 353 g/mol. The zero-order valence-electron chi connectivity index (χ0n) is 12.4. The molecule has 0 aliphatic carbocycles. The lowest BCUT2D eigenvalue weighted by molar-refractivity contribution is 0.448. The highest BCUT2D eigenvalue weighted by Crippen LogP contribution is 2.30. The maximum atomic E-state index is 13.6. The maximum Gasteiger partial charge on any atom is 0.227 e. The summed E-state index contributed by atoms with van der Waals surface area (Å²) in [6, 6.07) is 4.60. The summed E-state index contributed by atoms with van der Waals surface area (Å²) < 4.78 is 19.7. The standard InChI is InChI=1S/C15H17BrFN3O/c1-8(2)13-19-14(18-4)9(3)15(20-13)21-10-5-6-11(16)12(17)7-10/h5-8H,1-4H3,(H,18,19,20). The minimum Gasteiger partial charge on any atom is -0.438 e. The number of ether oxygens (including phenoxy) is 1. The molecule has 1 aromatic heterocycles. The minimum absolute atomic E-state index is 0.168. The Morgan fingerprint density at radius 3 is 2.57 bits per heavy atom. The van der Waals surface area contributed by atoms with Gasteiger partial charge in [0.2, 0.25) is 5.88 Å². The van der Waals surface area contributed by atoms with Gasteiger partial charge in [-0.05, 0) is 35.0 Å². The molecule has 0 atom stereocenters. The van der Waals surface area contributed by atoms with E-state index in [9.17, 15) is 4.39 Å². The van der Waals surface area contributed by atoms with Gasteiger partial charge in [0.25, 0.3) is 0 Å². The highest BCUT2D eigenvalue weighted by atomic mass is 79.9. The van der Waals surface area contributed by atoms with E-state index in [1.54, 1.807) is 19.2 Å². The Bertz CT molecular complexity index is 662. The summed E-state index contributed by atoms with van der Waals surface area (Å²) in [5.74, 6) is 2.01. The average Bonchev–Trinajstić information content (AvgIpc) is 2.44. The van der Waals surface area contributed by atoms with Crippen molar-refractivity contribution in [3.05, 3.63) is 39.9 Å². The second-order valence-electron chi connectivity index (χ2n) is 4.94. The van der Waals surface area contributed by atoms with E-state index in [0.29, 0.717) is 27.7 Å². The van der Waals surface area contributed by atoms with Crippen molar-refractivity contribution >= 4 is 21.7 Å². The summed E-state index contributed by atoms with van der Waals surface area (Å²) >= 11 is 3.12. The second kappa shape index (κ2) is 6.39. The first-order chi connectivity index (χ1) is 9.92. The van der Waals surface area contributed by atoms with Crippen LogP contribution in [0.5, 0.6) is 11.6 Å². The zero-order valence-corrected chi connectivity index (χ0v) is 14.0. The Hall–Kier alpha value is -1.69. The molecule has 0 fully saturated rings. The molecule has 1 aromatic carbocycles. The van der Waals surface area contributed by atoms with E-state index in [0.717, 1.165) is 5.56 Å². The fraction of sp³-hybridized carbons (Fsp3) is 0.333. The molecular formula is C15H17BrFN3O. The van der Waals surface area contributed by atoms with Crippen LogP contribution in [0.1, 0.15) is 31.2 Å². The molecule has 0 amide bonds. The van der Waals surface area contributed by atoms with Gasteiger partial charge in [0, 0.05) is 19.0 Å². The zero-order chi connectivity index (χ0) is 15.6. The third kappa shape index (κ3) is 3.50. The molecule has 2 rings (SSSR count). The molecule has 112 valence electrons. The van der Waals surface area contributed by atoms with E-state index in [4.69, 9.17) is 4.74 Å². The molecule has 1 heterocycles. The molecular weight excluding hydrogens is 337 g/mol. The van der Waals surface area contributed by atoms with Gasteiger partial charge in [-0.2, -0.15) is 4.98 Å². The number of anilines is 1. The van der Waals surface area contributed by atoms with Crippen molar-refractivity contribution in [2.24, 2.45) is 0 Å². The van der Waals surface area contributed by atoms with E-state index < -0.39 is 0 Å². The van der Waals surface area contributed by atoms with Gasteiger partial charge in [0.15, 0.2) is 0 Å². The number of aromatic nitrogens is 2. The lowest BCUT2D eigenvalue weighted by Crippen LogP contribution is -2.06. The summed E-state index contributed by atoms with van der Waals surface area (Å²) in [7, 11) is 1.79. The van der Waals surface area contributed by atoms with E-state index in [2.05, 4.69) is 31.2 Å². The normalized spacial score (nSPS) is 10.8. The molecule has 21 heavy (non-hydrogen) atoms. The van der Waals surface area contributed by atoms with Crippen LogP contribution in [0.15, 0.2) is 22.7 Å². The topological polar surface area (TPSA) is 47.0 Å². The summed E-state index contributed by atoms with van der Waals surface area (Å²) in [6.07, 6.45) is 0. The van der Waals surface area contributed by atoms with Gasteiger partial charge in [-0.1, -0.05) is 13.8 Å². The molecule has 1 N–H and O–H groups in total. The summed E-state index contributed by atoms with van der Waals surface area (Å²) in [6.45, 7) is 5.88. The fourth-order valence-electron chi connectivity index (χ4n) is 1.77. The van der Waals surface area contributed by atoms with Crippen LogP contribution in [-0.4, -0.2) is 17.0 Å². The number of hydrogen-bond donors (Lipinski definition) is 1. The van der Waals surface area contributed by atoms with Crippen molar-refractivity contribution in [1.29, 1.82) is 0 Å². The Labute approximate surface area is 131 Å². The predicted octanol–water partition coefficient (Wildman–Crippen LogP) is 4.64. The van der Waals surface area contributed by atoms with Gasteiger partial charge in [0.05, 0.1) is 10.0 Å². The summed E-state index contributed by atoms with van der Waals surface area (Å²) in [4.78, 5) is 8.86. The van der Waals surface area contributed by atoms with Crippen LogP contribution in [-0.2, 0) is 0 Å². The maximum absolute atomic E-state index is 13.6. The Kier molecular flexibility index (Phi) is 4.77. The number of nitrogens with zero attached hydrogens (tertiary/aromatic N) is 2. The van der Waals surface area contributed by atoms with E-state index >= 15 is 0 Å². The number of halogens is 2. The number of benzene rings is 1. The molecule has 0 radical (unpaired) electrons. The largest absolute Gasteiger partial charge is 0.438 e. The average molecular weight is 354 g/mol. The van der Waals surface area contributed by atoms with Crippen LogP contribution in [0, 0.1) is 12.7 Å². The molecule has 0 aliphatic rings. The van der Waals surface area contributed by atoms with Crippen molar-refractivity contribution in [3.8, 4) is 11.6 Å². The molecule has 0 aliphatic heterocycles. The molecule has 0 unspecified atom stereocenters. The van der Waals surface area contributed by atoms with Crippen LogP contribution in [0.25, 0.3) is 0 Å². The van der Waals surface area contributed by atoms with Crippen molar-refractivity contribution in [3.63, 3.8) is 0 Å². The molecule has 0 spiro atoms. The van der Waals surface area contributed by atoms with E-state index in [1.807, 2.05) is 20.8 Å². The van der Waals surface area contributed by atoms with Gasteiger partial charge in [-0.25, -0.2) is 9.37 Å². The Morgan fingerprint density at radius 1 is 1.29 bits per heavy atom. The van der Waals surface area contributed by atoms with Crippen LogP contribution in [0.2, 0.25) is 0 Å². The molecule has 0 bridgehead atoms. The van der Waals surface area contributed by atoms with Crippen LogP contribution in [0.3, 0.4) is 0 Å². The van der Waals surface area contributed by atoms with Crippen molar-refractivity contribution in [2.75, 3.05) is 12.4 Å². The van der Waals surface area contributed by atoms with Crippen molar-refractivity contribution in [1.82, 2.24) is 9.97 Å². The van der Waals surface area contributed by atoms with Gasteiger partial charge in [0.1, 0.15) is 23.2 Å². The highest BCUT2D eigenvalue weighted by Gasteiger charge is 2.14. The van der Waals surface area contributed by atoms with Crippen molar-refractivity contribution in [2.45, 2.75) is 26.7 Å². The molecule has 4 nitrogen and oxygen atoms in total. The van der Waals surface area contributed by atoms with E-state index in [1.165, 1.54) is 6.07 Å². The highest BCUT2D eigenvalue weighted by molar-refractivity contribution is 9.10. The molecule has 0 saturated heterocycles. The van der Waals surface area contributed by atoms with Crippen LogP contribution in [0.4, 0.5) is 10.2 Å². The number of hydrogen-bond acceptors (Lipinski definition) is 4. The van der Waals surface area contributed by atoms with Crippen LogP contribution < -0.4 is 10.1 Å². The first-order valence-electron chi connectivity index (χ1n) is 6.61. The molecule has 2 aromatic rings. The van der Waals surface area contributed by atoms with Gasteiger partial charge in [-0.3, -0.25) is 0 Å². The molecule has 6 heteroatoms. The Morgan fingerprint density at radius 2 is 2.00 bits per heavy atom. The lowest BCUT2D eigenvalue weighted by Gasteiger charge is -2.14. The smallest absolute Gasteiger partial charge is 0.227 e. The molecule has 0 saturated carbocycles. The minimum atomic E-state index is -0.378. The van der Waals surface area contributed by atoms with Crippen LogP contribution >= 0.6 is 15.9 Å². The summed E-state index contributed by atoms with van der Waals surface area (Å²) in [5.41, 5.74) is 0.783. The van der Waals surface area contributed by atoms with Gasteiger partial charge < -0.3 is 10.1 Å². The lowest BCUT2D eigenvalue weighted by atomic mass is 10.2. The third-order valence-electron chi connectivity index (χ3n) is 2.98. The predicted molar refractivity (Wildman–Crippen MR) is 84.6 cm³/mol. The van der Waals surface area contributed by atoms with E-state index in [-0.39, 0.29) is 11.7 Å².